The molecular weight excluding hydrogens is 292 g/mol. The maximum absolute atomic E-state index is 11.9. The molecule has 2 rings (SSSR count). The molecule has 1 amide bonds. The fourth-order valence-electron chi connectivity index (χ4n) is 1.71. The van der Waals surface area contributed by atoms with E-state index in [-0.39, 0.29) is 11.9 Å². The number of hydrogen-bond donors (Lipinski definition) is 2. The van der Waals surface area contributed by atoms with Gasteiger partial charge in [-0.25, -0.2) is 0 Å². The Labute approximate surface area is 114 Å². The molecule has 2 aromatic rings. The summed E-state index contributed by atoms with van der Waals surface area (Å²) in [7, 11) is 0. The number of nitrogens with two attached hydrogens (primary N) is 1. The maximum atomic E-state index is 11.9. The number of rotatable bonds is 3. The first kappa shape index (κ1) is 13.1. The van der Waals surface area contributed by atoms with Crippen LogP contribution in [-0.4, -0.2) is 18.5 Å². The van der Waals surface area contributed by atoms with E-state index in [2.05, 4.69) is 21.2 Å². The second-order valence-corrected chi connectivity index (χ2v) is 5.31. The lowest BCUT2D eigenvalue weighted by molar-refractivity contribution is 0.0952. The van der Waals surface area contributed by atoms with Crippen molar-refractivity contribution in [2.24, 2.45) is 5.73 Å². The number of hydrogen-bond acceptors (Lipinski definition) is 2. The molecule has 0 aliphatic rings. The van der Waals surface area contributed by atoms with Crippen LogP contribution in [-0.2, 0) is 0 Å². The SMILES string of the molecule is CC(N)CNC(=O)c1ccc2cc(Br)ccc2c1. The van der Waals surface area contributed by atoms with E-state index in [0.29, 0.717) is 12.1 Å². The second-order valence-electron chi connectivity index (χ2n) is 4.39. The molecule has 3 nitrogen and oxygen atoms in total. The molecule has 0 fully saturated rings. The summed E-state index contributed by atoms with van der Waals surface area (Å²) in [6.45, 7) is 2.34. The average Bonchev–Trinajstić information content (AvgIpc) is 2.35. The Morgan fingerprint density at radius 2 is 1.94 bits per heavy atom. The van der Waals surface area contributed by atoms with Gasteiger partial charge in [-0.3, -0.25) is 4.79 Å². The molecule has 0 radical (unpaired) electrons. The van der Waals surface area contributed by atoms with Crippen molar-refractivity contribution in [1.82, 2.24) is 5.32 Å². The number of fused-ring (bicyclic) bond motifs is 1. The van der Waals surface area contributed by atoms with Crippen LogP contribution < -0.4 is 11.1 Å². The van der Waals surface area contributed by atoms with Crippen LogP contribution in [0, 0.1) is 0 Å². The highest BCUT2D eigenvalue weighted by molar-refractivity contribution is 9.10. The molecule has 0 heterocycles. The van der Waals surface area contributed by atoms with Crippen LogP contribution in [0.1, 0.15) is 17.3 Å². The third kappa shape index (κ3) is 3.09. The van der Waals surface area contributed by atoms with Gasteiger partial charge in [-0.1, -0.05) is 28.1 Å². The number of halogens is 1. The summed E-state index contributed by atoms with van der Waals surface area (Å²) in [6.07, 6.45) is 0. The van der Waals surface area contributed by atoms with E-state index < -0.39 is 0 Å². The van der Waals surface area contributed by atoms with Crippen molar-refractivity contribution in [2.45, 2.75) is 13.0 Å². The van der Waals surface area contributed by atoms with Crippen LogP contribution in [0.5, 0.6) is 0 Å². The molecule has 0 saturated carbocycles. The second kappa shape index (κ2) is 5.50. The number of benzene rings is 2. The highest BCUT2D eigenvalue weighted by atomic mass is 79.9. The lowest BCUT2D eigenvalue weighted by Crippen LogP contribution is -2.35. The summed E-state index contributed by atoms with van der Waals surface area (Å²) in [4.78, 5) is 11.9. The van der Waals surface area contributed by atoms with Gasteiger partial charge < -0.3 is 11.1 Å². The lowest BCUT2D eigenvalue weighted by atomic mass is 10.1. The number of nitrogens with one attached hydrogen (secondary N) is 1. The molecule has 94 valence electrons. The van der Waals surface area contributed by atoms with E-state index in [9.17, 15) is 4.79 Å². The van der Waals surface area contributed by atoms with Crippen molar-refractivity contribution in [3.63, 3.8) is 0 Å². The molecular formula is C14H15BrN2O. The van der Waals surface area contributed by atoms with E-state index in [1.807, 2.05) is 43.3 Å². The third-order valence-electron chi connectivity index (χ3n) is 2.65. The number of carbonyl (C=O) groups excluding carboxylic acids is 1. The van der Waals surface area contributed by atoms with Crippen LogP contribution in [0.4, 0.5) is 0 Å². The van der Waals surface area contributed by atoms with Gasteiger partial charge in [0, 0.05) is 22.6 Å². The largest absolute Gasteiger partial charge is 0.350 e. The first-order chi connectivity index (χ1) is 8.56. The summed E-state index contributed by atoms with van der Waals surface area (Å²) in [6, 6.07) is 11.6. The van der Waals surface area contributed by atoms with Gasteiger partial charge in [0.15, 0.2) is 0 Å². The minimum Gasteiger partial charge on any atom is -0.350 e. The predicted molar refractivity (Wildman–Crippen MR) is 77.6 cm³/mol. The van der Waals surface area contributed by atoms with Gasteiger partial charge in [0.25, 0.3) is 5.91 Å². The van der Waals surface area contributed by atoms with Crippen molar-refractivity contribution >= 4 is 32.6 Å². The Hall–Kier alpha value is -1.39. The molecule has 0 saturated heterocycles. The van der Waals surface area contributed by atoms with Crippen LogP contribution in [0.3, 0.4) is 0 Å². The van der Waals surface area contributed by atoms with E-state index in [0.717, 1.165) is 15.2 Å². The molecule has 0 aliphatic heterocycles. The smallest absolute Gasteiger partial charge is 0.251 e. The zero-order valence-corrected chi connectivity index (χ0v) is 11.7. The maximum Gasteiger partial charge on any atom is 0.251 e. The average molecular weight is 307 g/mol. The molecule has 1 atom stereocenters. The minimum atomic E-state index is -0.0860. The van der Waals surface area contributed by atoms with Gasteiger partial charge in [0.05, 0.1) is 0 Å². The van der Waals surface area contributed by atoms with E-state index >= 15 is 0 Å². The highest BCUT2D eigenvalue weighted by Crippen LogP contribution is 2.20. The van der Waals surface area contributed by atoms with Crippen molar-refractivity contribution in [1.29, 1.82) is 0 Å². The highest BCUT2D eigenvalue weighted by Gasteiger charge is 2.06. The fourth-order valence-corrected chi connectivity index (χ4v) is 2.09. The van der Waals surface area contributed by atoms with Crippen molar-refractivity contribution in [2.75, 3.05) is 6.54 Å². The first-order valence-corrected chi connectivity index (χ1v) is 6.58. The van der Waals surface area contributed by atoms with Gasteiger partial charge in [-0.2, -0.15) is 0 Å². The molecule has 18 heavy (non-hydrogen) atoms. The zero-order chi connectivity index (χ0) is 13.1. The number of carbonyl (C=O) groups is 1. The Morgan fingerprint density at radius 3 is 2.67 bits per heavy atom. The normalized spacial score (nSPS) is 12.4. The summed E-state index contributed by atoms with van der Waals surface area (Å²) in [5, 5.41) is 4.95. The Bertz CT molecular complexity index is 581. The first-order valence-electron chi connectivity index (χ1n) is 5.79. The van der Waals surface area contributed by atoms with Crippen LogP contribution in [0.15, 0.2) is 40.9 Å². The molecule has 0 aromatic heterocycles. The van der Waals surface area contributed by atoms with Gasteiger partial charge in [0.2, 0.25) is 0 Å². The molecule has 1 unspecified atom stereocenters. The molecule has 2 aromatic carbocycles. The number of amides is 1. The van der Waals surface area contributed by atoms with E-state index in [1.165, 1.54) is 0 Å². The van der Waals surface area contributed by atoms with Gasteiger partial charge in [-0.15, -0.1) is 0 Å². The molecule has 3 N–H and O–H groups in total. The summed E-state index contributed by atoms with van der Waals surface area (Å²) in [5.41, 5.74) is 6.26. The summed E-state index contributed by atoms with van der Waals surface area (Å²) >= 11 is 3.43. The molecule has 0 spiro atoms. The molecule has 4 heteroatoms. The van der Waals surface area contributed by atoms with Gasteiger partial charge in [0.1, 0.15) is 0 Å². The summed E-state index contributed by atoms with van der Waals surface area (Å²) < 4.78 is 1.03. The quantitative estimate of drug-likeness (QED) is 0.916. The Morgan fingerprint density at radius 1 is 1.28 bits per heavy atom. The zero-order valence-electron chi connectivity index (χ0n) is 10.1. The van der Waals surface area contributed by atoms with E-state index in [1.54, 1.807) is 0 Å². The molecule has 0 aliphatic carbocycles. The standard InChI is InChI=1S/C14H15BrN2O/c1-9(16)8-17-14(18)12-3-2-11-7-13(15)5-4-10(11)6-12/h2-7,9H,8,16H2,1H3,(H,17,18). The Kier molecular flexibility index (Phi) is 3.99. The molecule has 0 bridgehead atoms. The topological polar surface area (TPSA) is 55.1 Å². The van der Waals surface area contributed by atoms with Crippen molar-refractivity contribution in [3.8, 4) is 0 Å². The van der Waals surface area contributed by atoms with Crippen LogP contribution in [0.25, 0.3) is 10.8 Å². The van der Waals surface area contributed by atoms with Gasteiger partial charge >= 0.3 is 0 Å². The lowest BCUT2D eigenvalue weighted by Gasteiger charge is -2.08. The predicted octanol–water partition coefficient (Wildman–Crippen LogP) is 2.68. The monoisotopic (exact) mass is 306 g/mol. The van der Waals surface area contributed by atoms with Crippen LogP contribution >= 0.6 is 15.9 Å². The summed E-state index contributed by atoms with van der Waals surface area (Å²) in [5.74, 6) is -0.0860. The minimum absolute atomic E-state index is 0.0367. The van der Waals surface area contributed by atoms with Crippen molar-refractivity contribution in [3.05, 3.63) is 46.4 Å². The van der Waals surface area contributed by atoms with E-state index in [4.69, 9.17) is 5.73 Å². The Balaban J connectivity index is 2.24. The van der Waals surface area contributed by atoms with Crippen molar-refractivity contribution < 1.29 is 4.79 Å². The third-order valence-corrected chi connectivity index (χ3v) is 3.14. The van der Waals surface area contributed by atoms with Crippen LogP contribution in [0.2, 0.25) is 0 Å². The fraction of sp³-hybridized carbons (Fsp3) is 0.214. The van der Waals surface area contributed by atoms with Gasteiger partial charge in [-0.05, 0) is 42.0 Å².